The van der Waals surface area contributed by atoms with Gasteiger partial charge < -0.3 is 25.2 Å². The summed E-state index contributed by atoms with van der Waals surface area (Å²) in [5, 5.41) is 5.54. The predicted octanol–water partition coefficient (Wildman–Crippen LogP) is 3.08. The van der Waals surface area contributed by atoms with E-state index in [-0.39, 0.29) is 12.5 Å². The van der Waals surface area contributed by atoms with E-state index in [0.29, 0.717) is 0 Å². The van der Waals surface area contributed by atoms with Crippen LogP contribution in [0.2, 0.25) is 0 Å². The normalized spacial score (nSPS) is 15.3. The van der Waals surface area contributed by atoms with Crippen LogP contribution >= 0.6 is 0 Å². The molecular weight excluding hydrogens is 380 g/mol. The molecule has 0 saturated carbocycles. The highest BCUT2D eigenvalue weighted by Gasteiger charge is 2.21. The van der Waals surface area contributed by atoms with E-state index in [1.54, 1.807) is 6.92 Å². The Morgan fingerprint density at radius 3 is 2.37 bits per heavy atom. The van der Waals surface area contributed by atoms with E-state index >= 15 is 0 Å². The van der Waals surface area contributed by atoms with Gasteiger partial charge in [-0.15, -0.1) is 0 Å². The Morgan fingerprint density at radius 2 is 1.67 bits per heavy atom. The van der Waals surface area contributed by atoms with Crippen molar-refractivity contribution in [1.29, 1.82) is 0 Å². The molecule has 160 valence electrons. The van der Waals surface area contributed by atoms with E-state index in [2.05, 4.69) is 27.4 Å². The molecule has 0 bridgehead atoms. The third-order valence-corrected chi connectivity index (χ3v) is 5.26. The first-order valence-electron chi connectivity index (χ1n) is 10.4. The second-order valence-electron chi connectivity index (χ2n) is 7.36. The number of rotatable bonds is 7. The Hall–Kier alpha value is -3.06. The number of piperazine rings is 1. The fraction of sp³-hybridized carbons (Fsp3) is 0.391. The average molecular weight is 411 g/mol. The van der Waals surface area contributed by atoms with Crippen LogP contribution in [0.4, 0.5) is 16.2 Å². The second-order valence-corrected chi connectivity index (χ2v) is 7.36. The molecule has 0 aliphatic carbocycles. The maximum atomic E-state index is 12.6. The molecule has 0 radical (unpaired) electrons. The number of nitrogens with zero attached hydrogens (tertiary/aromatic N) is 2. The van der Waals surface area contributed by atoms with E-state index in [9.17, 15) is 9.59 Å². The molecule has 1 heterocycles. The summed E-state index contributed by atoms with van der Waals surface area (Å²) in [4.78, 5) is 29.4. The minimum absolute atomic E-state index is 0.160. The molecule has 0 aromatic heterocycles. The molecule has 0 spiro atoms. The predicted molar refractivity (Wildman–Crippen MR) is 119 cm³/mol. The van der Waals surface area contributed by atoms with Gasteiger partial charge in [-0.2, -0.15) is 0 Å². The molecule has 1 saturated heterocycles. The first-order chi connectivity index (χ1) is 14.6. The van der Waals surface area contributed by atoms with Crippen LogP contribution in [0.1, 0.15) is 19.4 Å². The smallest absolute Gasteiger partial charge is 0.408 e. The summed E-state index contributed by atoms with van der Waals surface area (Å²) in [5.41, 5.74) is 2.64. The van der Waals surface area contributed by atoms with E-state index in [0.717, 1.165) is 49.7 Å². The maximum absolute atomic E-state index is 12.6. The van der Waals surface area contributed by atoms with Gasteiger partial charge >= 0.3 is 6.09 Å². The lowest BCUT2D eigenvalue weighted by Gasteiger charge is -2.36. The van der Waals surface area contributed by atoms with Gasteiger partial charge in [0.2, 0.25) is 5.91 Å². The van der Waals surface area contributed by atoms with Gasteiger partial charge in [0.15, 0.2) is 0 Å². The van der Waals surface area contributed by atoms with Gasteiger partial charge in [0.05, 0.1) is 11.4 Å². The zero-order valence-electron chi connectivity index (χ0n) is 17.6. The van der Waals surface area contributed by atoms with Gasteiger partial charge in [-0.25, -0.2) is 4.79 Å². The summed E-state index contributed by atoms with van der Waals surface area (Å²) in [7, 11) is 0. The molecule has 2 amide bonds. The number of para-hydroxylation sites is 2. The van der Waals surface area contributed by atoms with Crippen molar-refractivity contribution in [3.8, 4) is 0 Å². The second kappa shape index (κ2) is 10.6. The summed E-state index contributed by atoms with van der Waals surface area (Å²) < 4.78 is 5.20. The van der Waals surface area contributed by atoms with Crippen molar-refractivity contribution < 1.29 is 14.3 Å². The first-order valence-corrected chi connectivity index (χ1v) is 10.4. The fourth-order valence-electron chi connectivity index (χ4n) is 3.41. The average Bonchev–Trinajstić information content (AvgIpc) is 2.79. The molecule has 1 aliphatic heterocycles. The summed E-state index contributed by atoms with van der Waals surface area (Å²) in [6.45, 7) is 8.86. The number of benzene rings is 2. The molecule has 0 unspecified atom stereocenters. The monoisotopic (exact) mass is 410 g/mol. The highest BCUT2D eigenvalue weighted by molar-refractivity contribution is 5.98. The molecule has 1 aliphatic rings. The minimum Gasteiger partial charge on any atom is -0.445 e. The summed E-state index contributed by atoms with van der Waals surface area (Å²) >= 11 is 0. The van der Waals surface area contributed by atoms with Crippen LogP contribution in [-0.4, -0.2) is 55.7 Å². The van der Waals surface area contributed by atoms with Gasteiger partial charge in [-0.1, -0.05) is 49.4 Å². The van der Waals surface area contributed by atoms with E-state index in [1.807, 2.05) is 54.6 Å². The SMILES string of the molecule is CCN1CCN(c2ccccc2NC(=O)[C@@H](C)NC(=O)OCc2ccccc2)CC1. The Bertz CT molecular complexity index is 835. The van der Waals surface area contributed by atoms with Gasteiger partial charge in [0, 0.05) is 26.2 Å². The molecular formula is C23H30N4O3. The van der Waals surface area contributed by atoms with Crippen LogP contribution in [-0.2, 0) is 16.1 Å². The van der Waals surface area contributed by atoms with Crippen molar-refractivity contribution in [2.24, 2.45) is 0 Å². The Balaban J connectivity index is 1.53. The Labute approximate surface area is 178 Å². The molecule has 2 aromatic carbocycles. The number of anilines is 2. The number of amides is 2. The van der Waals surface area contributed by atoms with Crippen molar-refractivity contribution in [1.82, 2.24) is 10.2 Å². The number of likely N-dealkylation sites (N-methyl/N-ethyl adjacent to an activating group) is 1. The lowest BCUT2D eigenvalue weighted by Crippen LogP contribution is -2.46. The van der Waals surface area contributed by atoms with Crippen LogP contribution in [0.3, 0.4) is 0 Å². The molecule has 2 aromatic rings. The summed E-state index contributed by atoms with van der Waals surface area (Å²) in [6, 6.07) is 16.5. The molecule has 1 fully saturated rings. The van der Waals surface area contributed by atoms with Crippen LogP contribution in [0, 0.1) is 0 Å². The van der Waals surface area contributed by atoms with Crippen molar-refractivity contribution in [3.63, 3.8) is 0 Å². The lowest BCUT2D eigenvalue weighted by atomic mass is 10.2. The molecule has 7 nitrogen and oxygen atoms in total. The molecule has 7 heteroatoms. The molecule has 2 N–H and O–H groups in total. The van der Waals surface area contributed by atoms with Crippen LogP contribution in [0.5, 0.6) is 0 Å². The van der Waals surface area contributed by atoms with Crippen LogP contribution in [0.25, 0.3) is 0 Å². The van der Waals surface area contributed by atoms with E-state index < -0.39 is 12.1 Å². The fourth-order valence-corrected chi connectivity index (χ4v) is 3.41. The number of hydrogen-bond acceptors (Lipinski definition) is 5. The highest BCUT2D eigenvalue weighted by atomic mass is 16.5. The number of carbonyl (C=O) groups excluding carboxylic acids is 2. The highest BCUT2D eigenvalue weighted by Crippen LogP contribution is 2.26. The first kappa shape index (κ1) is 21.6. The Kier molecular flexibility index (Phi) is 7.68. The standard InChI is InChI=1S/C23H30N4O3/c1-3-26-13-15-27(16-14-26)21-12-8-7-11-20(21)25-22(28)18(2)24-23(29)30-17-19-9-5-4-6-10-19/h4-12,18H,3,13-17H2,1-2H3,(H,24,29)(H,25,28)/t18-/m1/s1. The number of hydrogen-bond donors (Lipinski definition) is 2. The number of ether oxygens (including phenoxy) is 1. The molecule has 1 atom stereocenters. The van der Waals surface area contributed by atoms with Crippen LogP contribution < -0.4 is 15.5 Å². The number of carbonyl (C=O) groups is 2. The zero-order chi connectivity index (χ0) is 21.3. The van der Waals surface area contributed by atoms with Crippen molar-refractivity contribution in [3.05, 3.63) is 60.2 Å². The van der Waals surface area contributed by atoms with Gasteiger partial charge in [0.1, 0.15) is 12.6 Å². The summed E-state index contributed by atoms with van der Waals surface area (Å²) in [6.07, 6.45) is -0.620. The quantitative estimate of drug-likeness (QED) is 0.734. The van der Waals surface area contributed by atoms with Gasteiger partial charge in [0.25, 0.3) is 0 Å². The van der Waals surface area contributed by atoms with Crippen molar-refractivity contribution in [2.75, 3.05) is 42.9 Å². The van der Waals surface area contributed by atoms with E-state index in [4.69, 9.17) is 4.74 Å². The maximum Gasteiger partial charge on any atom is 0.408 e. The number of alkyl carbamates (subject to hydrolysis) is 1. The van der Waals surface area contributed by atoms with Gasteiger partial charge in [-0.3, -0.25) is 4.79 Å². The van der Waals surface area contributed by atoms with Crippen molar-refractivity contribution in [2.45, 2.75) is 26.5 Å². The molecule has 30 heavy (non-hydrogen) atoms. The van der Waals surface area contributed by atoms with Crippen LogP contribution in [0.15, 0.2) is 54.6 Å². The Morgan fingerprint density at radius 1 is 1.00 bits per heavy atom. The molecule has 3 rings (SSSR count). The largest absolute Gasteiger partial charge is 0.445 e. The topological polar surface area (TPSA) is 73.9 Å². The summed E-state index contributed by atoms with van der Waals surface area (Å²) in [5.74, 6) is -0.286. The number of nitrogens with one attached hydrogen (secondary N) is 2. The minimum atomic E-state index is -0.724. The third-order valence-electron chi connectivity index (χ3n) is 5.26. The van der Waals surface area contributed by atoms with Gasteiger partial charge in [-0.05, 0) is 31.2 Å². The lowest BCUT2D eigenvalue weighted by molar-refractivity contribution is -0.117. The third kappa shape index (κ3) is 5.97. The van der Waals surface area contributed by atoms with Crippen molar-refractivity contribution >= 4 is 23.4 Å². The van der Waals surface area contributed by atoms with E-state index in [1.165, 1.54) is 0 Å². The zero-order valence-corrected chi connectivity index (χ0v) is 17.6.